The van der Waals surface area contributed by atoms with Crippen LogP contribution in [0.2, 0.25) is 0 Å². The number of carbonyl (C=O) groups is 2. The molecule has 4 rings (SSSR count). The maximum absolute atomic E-state index is 13.4. The van der Waals surface area contributed by atoms with Crippen molar-refractivity contribution < 1.29 is 9.59 Å². The fourth-order valence-corrected chi connectivity index (χ4v) is 6.02. The molecular formula is C27H37N3O2S. The molecule has 0 unspecified atom stereocenters. The van der Waals surface area contributed by atoms with Crippen LogP contribution >= 0.6 is 11.3 Å². The molecule has 0 spiro atoms. The second-order valence-electron chi connectivity index (χ2n) is 9.26. The lowest BCUT2D eigenvalue weighted by Gasteiger charge is -2.37. The zero-order valence-corrected chi connectivity index (χ0v) is 20.7. The van der Waals surface area contributed by atoms with Gasteiger partial charge in [0.05, 0.1) is 12.6 Å². The zero-order chi connectivity index (χ0) is 23.0. The van der Waals surface area contributed by atoms with Gasteiger partial charge in [-0.3, -0.25) is 14.5 Å². The highest BCUT2D eigenvalue weighted by Crippen LogP contribution is 2.37. The molecular weight excluding hydrogens is 430 g/mol. The molecule has 2 aromatic rings. The van der Waals surface area contributed by atoms with Gasteiger partial charge in [0.25, 0.3) is 0 Å². The van der Waals surface area contributed by atoms with Gasteiger partial charge in [0.2, 0.25) is 11.8 Å². The summed E-state index contributed by atoms with van der Waals surface area (Å²) in [5.74, 6) is 0.442. The molecule has 1 fully saturated rings. The Bertz CT molecular complexity index is 913. The largest absolute Gasteiger partial charge is 0.341 e. The highest BCUT2D eigenvalue weighted by Gasteiger charge is 2.32. The third kappa shape index (κ3) is 6.04. The van der Waals surface area contributed by atoms with Crippen molar-refractivity contribution in [1.82, 2.24) is 14.7 Å². The molecule has 0 N–H and O–H groups in total. The third-order valence-corrected chi connectivity index (χ3v) is 7.96. The predicted octanol–water partition coefficient (Wildman–Crippen LogP) is 4.73. The van der Waals surface area contributed by atoms with Crippen LogP contribution in [0.5, 0.6) is 0 Å². The summed E-state index contributed by atoms with van der Waals surface area (Å²) in [6, 6.07) is 12.9. The molecule has 5 nitrogen and oxygen atoms in total. The summed E-state index contributed by atoms with van der Waals surface area (Å²) in [7, 11) is 0. The second kappa shape index (κ2) is 11.8. The van der Waals surface area contributed by atoms with Gasteiger partial charge in [0, 0.05) is 44.0 Å². The van der Waals surface area contributed by atoms with Crippen LogP contribution in [-0.2, 0) is 16.0 Å². The maximum atomic E-state index is 13.4. The van der Waals surface area contributed by atoms with E-state index in [9.17, 15) is 9.59 Å². The fraction of sp³-hybridized carbons (Fsp3) is 0.556. The lowest BCUT2D eigenvalue weighted by Crippen LogP contribution is -2.45. The molecule has 2 aliphatic heterocycles. The topological polar surface area (TPSA) is 43.9 Å². The summed E-state index contributed by atoms with van der Waals surface area (Å²) in [6.07, 6.45) is 7.00. The Hall–Kier alpha value is -2.18. The van der Waals surface area contributed by atoms with Crippen LogP contribution < -0.4 is 0 Å². The first kappa shape index (κ1) is 24.0. The van der Waals surface area contributed by atoms with Crippen molar-refractivity contribution in [1.29, 1.82) is 0 Å². The van der Waals surface area contributed by atoms with E-state index in [1.54, 1.807) is 0 Å². The van der Waals surface area contributed by atoms with Gasteiger partial charge < -0.3 is 9.80 Å². The number of nitrogens with zero attached hydrogens (tertiary/aromatic N) is 3. The second-order valence-corrected chi connectivity index (χ2v) is 10.3. The van der Waals surface area contributed by atoms with Crippen LogP contribution in [0, 0.1) is 0 Å². The Morgan fingerprint density at radius 1 is 0.909 bits per heavy atom. The van der Waals surface area contributed by atoms with Crippen LogP contribution in [0.15, 0.2) is 41.8 Å². The molecule has 0 aliphatic carbocycles. The van der Waals surface area contributed by atoms with E-state index in [0.717, 1.165) is 45.3 Å². The summed E-state index contributed by atoms with van der Waals surface area (Å²) in [6.45, 7) is 6.33. The van der Waals surface area contributed by atoms with Gasteiger partial charge in [-0.1, -0.05) is 56.5 Å². The first-order chi connectivity index (χ1) is 16.2. The number of hydrogen-bond acceptors (Lipinski definition) is 4. The quantitative estimate of drug-likeness (QED) is 0.528. The number of unbranched alkanes of at least 4 members (excludes halogenated alkanes) is 3. The molecule has 3 heterocycles. The lowest BCUT2D eigenvalue weighted by atomic mass is 9.93. The molecule has 6 heteroatoms. The lowest BCUT2D eigenvalue weighted by molar-refractivity contribution is -0.134. The van der Waals surface area contributed by atoms with E-state index in [4.69, 9.17) is 0 Å². The number of carbonyl (C=O) groups excluding carboxylic acids is 2. The smallest absolute Gasteiger partial charge is 0.236 e. The molecule has 1 aromatic carbocycles. The van der Waals surface area contributed by atoms with Crippen molar-refractivity contribution in [2.24, 2.45) is 0 Å². The molecule has 1 atom stereocenters. The Labute approximate surface area is 202 Å². The predicted molar refractivity (Wildman–Crippen MR) is 134 cm³/mol. The molecule has 33 heavy (non-hydrogen) atoms. The number of hydrogen-bond donors (Lipinski definition) is 0. The minimum Gasteiger partial charge on any atom is -0.341 e. The van der Waals surface area contributed by atoms with Gasteiger partial charge in [-0.25, -0.2) is 0 Å². The molecule has 2 amide bonds. The van der Waals surface area contributed by atoms with Crippen molar-refractivity contribution in [2.45, 2.75) is 57.9 Å². The summed E-state index contributed by atoms with van der Waals surface area (Å²) in [5.41, 5.74) is 2.60. The van der Waals surface area contributed by atoms with E-state index in [2.05, 4.69) is 47.5 Å². The number of thiophene rings is 1. The SMILES string of the molecule is CCCCCCC(=O)N1CCCN(C(=O)CN2CCc3sccc3[C@@H]2c2ccccc2)CC1. The van der Waals surface area contributed by atoms with Crippen LogP contribution in [0.25, 0.3) is 0 Å². The summed E-state index contributed by atoms with van der Waals surface area (Å²) in [5, 5.41) is 2.18. The third-order valence-electron chi connectivity index (χ3n) is 6.96. The van der Waals surface area contributed by atoms with Gasteiger partial charge in [-0.05, 0) is 41.8 Å². The van der Waals surface area contributed by atoms with Crippen molar-refractivity contribution >= 4 is 23.2 Å². The van der Waals surface area contributed by atoms with E-state index in [-0.39, 0.29) is 17.9 Å². The number of fused-ring (bicyclic) bond motifs is 1. The first-order valence-electron chi connectivity index (χ1n) is 12.6. The highest BCUT2D eigenvalue weighted by atomic mass is 32.1. The van der Waals surface area contributed by atoms with E-state index in [1.165, 1.54) is 28.8 Å². The first-order valence-corrected chi connectivity index (χ1v) is 13.5. The van der Waals surface area contributed by atoms with Crippen molar-refractivity contribution in [2.75, 3.05) is 39.3 Å². The van der Waals surface area contributed by atoms with E-state index < -0.39 is 0 Å². The van der Waals surface area contributed by atoms with Gasteiger partial charge in [-0.2, -0.15) is 0 Å². The molecule has 0 bridgehead atoms. The molecule has 1 saturated heterocycles. The fourth-order valence-electron chi connectivity index (χ4n) is 5.12. The Morgan fingerprint density at radius 3 is 2.42 bits per heavy atom. The van der Waals surface area contributed by atoms with E-state index in [1.807, 2.05) is 27.2 Å². The van der Waals surface area contributed by atoms with E-state index in [0.29, 0.717) is 26.1 Å². The molecule has 2 aliphatic rings. The molecule has 0 radical (unpaired) electrons. The van der Waals surface area contributed by atoms with Gasteiger partial charge in [-0.15, -0.1) is 11.3 Å². The van der Waals surface area contributed by atoms with Gasteiger partial charge in [0.15, 0.2) is 0 Å². The minimum atomic E-state index is 0.137. The Kier molecular flexibility index (Phi) is 8.57. The molecule has 1 aromatic heterocycles. The molecule has 178 valence electrons. The standard InChI is InChI=1S/C27H37N3O2S/c1-2-3-4-8-12-25(31)28-15-9-16-29(19-18-28)26(32)21-30-17-13-24-23(14-20-33-24)27(30)22-10-6-5-7-11-22/h5-7,10-11,14,20,27H,2-4,8-9,12-13,15-19,21H2,1H3/t27-/m0/s1. The molecule has 0 saturated carbocycles. The van der Waals surface area contributed by atoms with Gasteiger partial charge in [0.1, 0.15) is 0 Å². The highest BCUT2D eigenvalue weighted by molar-refractivity contribution is 7.10. The van der Waals surface area contributed by atoms with Crippen LogP contribution in [0.3, 0.4) is 0 Å². The average molecular weight is 468 g/mol. The normalized spacial score (nSPS) is 19.2. The Morgan fingerprint density at radius 2 is 1.67 bits per heavy atom. The van der Waals surface area contributed by atoms with Crippen LogP contribution in [0.1, 0.15) is 67.5 Å². The van der Waals surface area contributed by atoms with E-state index >= 15 is 0 Å². The van der Waals surface area contributed by atoms with Crippen molar-refractivity contribution in [3.63, 3.8) is 0 Å². The number of rotatable bonds is 8. The summed E-state index contributed by atoms with van der Waals surface area (Å²) < 4.78 is 0. The van der Waals surface area contributed by atoms with Crippen LogP contribution in [-0.4, -0.2) is 65.8 Å². The van der Waals surface area contributed by atoms with Crippen molar-refractivity contribution in [3.8, 4) is 0 Å². The Balaban J connectivity index is 1.36. The number of amides is 2. The van der Waals surface area contributed by atoms with Gasteiger partial charge >= 0.3 is 0 Å². The summed E-state index contributed by atoms with van der Waals surface area (Å²) in [4.78, 5) is 33.7. The minimum absolute atomic E-state index is 0.137. The average Bonchev–Trinajstić information content (AvgIpc) is 3.17. The van der Waals surface area contributed by atoms with Crippen LogP contribution in [0.4, 0.5) is 0 Å². The summed E-state index contributed by atoms with van der Waals surface area (Å²) >= 11 is 1.83. The van der Waals surface area contributed by atoms with Crippen molar-refractivity contribution in [3.05, 3.63) is 57.8 Å². The number of benzene rings is 1. The zero-order valence-electron chi connectivity index (χ0n) is 19.9. The maximum Gasteiger partial charge on any atom is 0.236 e. The monoisotopic (exact) mass is 467 g/mol.